The van der Waals surface area contributed by atoms with Gasteiger partial charge in [-0.2, -0.15) is 0 Å². The molecule has 0 saturated heterocycles. The molecule has 0 unspecified atom stereocenters. The molecule has 0 aliphatic carbocycles. The normalized spacial score (nSPS) is 10.5. The Hall–Kier alpha value is -1.06. The number of rotatable bonds is 3. The summed E-state index contributed by atoms with van der Waals surface area (Å²) >= 11 is 3.47. The van der Waals surface area contributed by atoms with Gasteiger partial charge < -0.3 is 10.3 Å². The SMILES string of the molecule is NCc1cccn1Cc1cccc(Br)c1. The zero-order valence-corrected chi connectivity index (χ0v) is 9.94. The van der Waals surface area contributed by atoms with Gasteiger partial charge in [0, 0.05) is 29.5 Å². The lowest BCUT2D eigenvalue weighted by Crippen LogP contribution is -2.07. The summed E-state index contributed by atoms with van der Waals surface area (Å²) < 4.78 is 3.28. The highest BCUT2D eigenvalue weighted by atomic mass is 79.9. The van der Waals surface area contributed by atoms with Crippen LogP contribution in [-0.4, -0.2) is 4.57 Å². The summed E-state index contributed by atoms with van der Waals surface area (Å²) in [7, 11) is 0. The number of nitrogens with two attached hydrogens (primary N) is 1. The van der Waals surface area contributed by atoms with Crippen LogP contribution in [-0.2, 0) is 13.1 Å². The molecular formula is C12H13BrN2. The highest BCUT2D eigenvalue weighted by molar-refractivity contribution is 9.10. The minimum Gasteiger partial charge on any atom is -0.346 e. The van der Waals surface area contributed by atoms with Gasteiger partial charge in [0.05, 0.1) is 0 Å². The first-order valence-corrected chi connectivity index (χ1v) is 5.67. The van der Waals surface area contributed by atoms with Crippen LogP contribution in [0, 0.1) is 0 Å². The molecule has 1 aromatic heterocycles. The molecule has 0 fully saturated rings. The van der Waals surface area contributed by atoms with E-state index < -0.39 is 0 Å². The molecule has 78 valence electrons. The Morgan fingerprint density at radius 1 is 1.20 bits per heavy atom. The lowest BCUT2D eigenvalue weighted by atomic mass is 10.2. The van der Waals surface area contributed by atoms with Gasteiger partial charge in [-0.25, -0.2) is 0 Å². The molecule has 2 nitrogen and oxygen atoms in total. The van der Waals surface area contributed by atoms with Crippen LogP contribution >= 0.6 is 15.9 Å². The van der Waals surface area contributed by atoms with Crippen LogP contribution in [0.3, 0.4) is 0 Å². The molecule has 0 atom stereocenters. The third kappa shape index (κ3) is 2.49. The Balaban J connectivity index is 2.22. The van der Waals surface area contributed by atoms with E-state index in [-0.39, 0.29) is 0 Å². The van der Waals surface area contributed by atoms with E-state index in [9.17, 15) is 0 Å². The van der Waals surface area contributed by atoms with Crippen LogP contribution in [0.4, 0.5) is 0 Å². The van der Waals surface area contributed by atoms with Gasteiger partial charge in [0.1, 0.15) is 0 Å². The first-order chi connectivity index (χ1) is 7.29. The minimum absolute atomic E-state index is 0.584. The second kappa shape index (κ2) is 4.64. The Morgan fingerprint density at radius 3 is 2.80 bits per heavy atom. The average Bonchev–Trinajstić information content (AvgIpc) is 2.65. The monoisotopic (exact) mass is 264 g/mol. The highest BCUT2D eigenvalue weighted by Gasteiger charge is 2.00. The maximum absolute atomic E-state index is 5.65. The Kier molecular flexibility index (Phi) is 3.23. The van der Waals surface area contributed by atoms with E-state index in [2.05, 4.69) is 44.9 Å². The maximum atomic E-state index is 5.65. The van der Waals surface area contributed by atoms with E-state index >= 15 is 0 Å². The Morgan fingerprint density at radius 2 is 2.07 bits per heavy atom. The number of benzene rings is 1. The van der Waals surface area contributed by atoms with Crippen molar-refractivity contribution in [1.82, 2.24) is 4.57 Å². The number of nitrogens with zero attached hydrogens (tertiary/aromatic N) is 1. The van der Waals surface area contributed by atoms with Gasteiger partial charge in [0.15, 0.2) is 0 Å². The highest BCUT2D eigenvalue weighted by Crippen LogP contribution is 2.13. The van der Waals surface area contributed by atoms with Crippen LogP contribution in [0.25, 0.3) is 0 Å². The van der Waals surface area contributed by atoms with Crippen LogP contribution < -0.4 is 5.73 Å². The molecule has 1 aromatic carbocycles. The molecule has 0 aliphatic heterocycles. The molecule has 2 rings (SSSR count). The molecule has 1 heterocycles. The number of aromatic nitrogens is 1. The molecular weight excluding hydrogens is 252 g/mol. The lowest BCUT2D eigenvalue weighted by Gasteiger charge is -2.07. The summed E-state index contributed by atoms with van der Waals surface area (Å²) in [6, 6.07) is 12.4. The molecule has 0 aliphatic rings. The van der Waals surface area contributed by atoms with E-state index in [1.165, 1.54) is 5.56 Å². The molecule has 3 heteroatoms. The first-order valence-electron chi connectivity index (χ1n) is 4.88. The molecule has 0 saturated carbocycles. The summed E-state index contributed by atoms with van der Waals surface area (Å²) in [6.45, 7) is 1.46. The van der Waals surface area contributed by atoms with Crippen LogP contribution in [0.15, 0.2) is 47.1 Å². The van der Waals surface area contributed by atoms with Crippen LogP contribution in [0.5, 0.6) is 0 Å². The average molecular weight is 265 g/mol. The third-order valence-corrected chi connectivity index (χ3v) is 2.87. The van der Waals surface area contributed by atoms with E-state index in [0.29, 0.717) is 6.54 Å². The summed E-state index contributed by atoms with van der Waals surface area (Å²) in [5.41, 5.74) is 8.08. The molecule has 0 spiro atoms. The fourth-order valence-corrected chi connectivity index (χ4v) is 2.07. The van der Waals surface area contributed by atoms with Crippen molar-refractivity contribution in [3.05, 3.63) is 58.3 Å². The van der Waals surface area contributed by atoms with Crippen molar-refractivity contribution in [3.8, 4) is 0 Å². The predicted octanol–water partition coefficient (Wildman–Crippen LogP) is 2.76. The van der Waals surface area contributed by atoms with Gasteiger partial charge in [-0.05, 0) is 29.8 Å². The third-order valence-electron chi connectivity index (χ3n) is 2.37. The second-order valence-electron chi connectivity index (χ2n) is 3.46. The molecule has 2 aromatic rings. The fourth-order valence-electron chi connectivity index (χ4n) is 1.62. The Labute approximate surface area is 97.8 Å². The standard InChI is InChI=1S/C12H13BrN2/c13-11-4-1-3-10(7-11)9-15-6-2-5-12(15)8-14/h1-7H,8-9,14H2. The maximum Gasteiger partial charge on any atom is 0.0473 e. The fraction of sp³-hybridized carbons (Fsp3) is 0.167. The van der Waals surface area contributed by atoms with E-state index in [0.717, 1.165) is 16.7 Å². The predicted molar refractivity (Wildman–Crippen MR) is 65.6 cm³/mol. The van der Waals surface area contributed by atoms with Crippen molar-refractivity contribution >= 4 is 15.9 Å². The first kappa shape index (κ1) is 10.5. The van der Waals surface area contributed by atoms with Crippen molar-refractivity contribution in [2.24, 2.45) is 5.73 Å². The van der Waals surface area contributed by atoms with E-state index in [4.69, 9.17) is 5.73 Å². The molecule has 0 radical (unpaired) electrons. The van der Waals surface area contributed by atoms with Crippen molar-refractivity contribution in [1.29, 1.82) is 0 Å². The number of hydrogen-bond donors (Lipinski definition) is 1. The topological polar surface area (TPSA) is 30.9 Å². The quantitative estimate of drug-likeness (QED) is 0.908. The largest absolute Gasteiger partial charge is 0.346 e. The smallest absolute Gasteiger partial charge is 0.0473 e. The van der Waals surface area contributed by atoms with E-state index in [1.807, 2.05) is 18.2 Å². The van der Waals surface area contributed by atoms with Crippen molar-refractivity contribution in [2.45, 2.75) is 13.1 Å². The summed E-state index contributed by atoms with van der Waals surface area (Å²) in [6.07, 6.45) is 2.06. The van der Waals surface area contributed by atoms with Gasteiger partial charge in [0.25, 0.3) is 0 Å². The van der Waals surface area contributed by atoms with Gasteiger partial charge in [-0.1, -0.05) is 28.1 Å². The summed E-state index contributed by atoms with van der Waals surface area (Å²) in [4.78, 5) is 0. The Bertz CT molecular complexity index is 448. The van der Waals surface area contributed by atoms with Crippen molar-refractivity contribution < 1.29 is 0 Å². The lowest BCUT2D eigenvalue weighted by molar-refractivity contribution is 0.743. The van der Waals surface area contributed by atoms with Crippen LogP contribution in [0.1, 0.15) is 11.3 Å². The molecule has 0 amide bonds. The van der Waals surface area contributed by atoms with Gasteiger partial charge in [-0.3, -0.25) is 0 Å². The molecule has 15 heavy (non-hydrogen) atoms. The van der Waals surface area contributed by atoms with Crippen LogP contribution in [0.2, 0.25) is 0 Å². The zero-order chi connectivity index (χ0) is 10.7. The number of hydrogen-bond acceptors (Lipinski definition) is 1. The van der Waals surface area contributed by atoms with Gasteiger partial charge in [0.2, 0.25) is 0 Å². The summed E-state index contributed by atoms with van der Waals surface area (Å²) in [5.74, 6) is 0. The van der Waals surface area contributed by atoms with Gasteiger partial charge in [-0.15, -0.1) is 0 Å². The zero-order valence-electron chi connectivity index (χ0n) is 8.36. The van der Waals surface area contributed by atoms with Crippen molar-refractivity contribution in [3.63, 3.8) is 0 Å². The van der Waals surface area contributed by atoms with E-state index in [1.54, 1.807) is 0 Å². The van der Waals surface area contributed by atoms with Gasteiger partial charge >= 0.3 is 0 Å². The van der Waals surface area contributed by atoms with Crippen molar-refractivity contribution in [2.75, 3.05) is 0 Å². The minimum atomic E-state index is 0.584. The molecule has 0 bridgehead atoms. The summed E-state index contributed by atoms with van der Waals surface area (Å²) in [5, 5.41) is 0. The number of halogens is 1. The molecule has 2 N–H and O–H groups in total. The second-order valence-corrected chi connectivity index (χ2v) is 4.38.